The first-order valence-corrected chi connectivity index (χ1v) is 27.2. The molecule has 1 aromatic rings. The molecule has 2 saturated heterocycles. The first kappa shape index (κ1) is 60.7. The van der Waals surface area contributed by atoms with E-state index in [1.54, 1.807) is 34.0 Å². The Morgan fingerprint density at radius 1 is 0.851 bits per heavy atom. The van der Waals surface area contributed by atoms with Gasteiger partial charge < -0.3 is 49.0 Å². The number of hydrogen-bond donors (Lipinski definition) is 4. The number of esters is 1. The predicted molar refractivity (Wildman–Crippen MR) is 280 cm³/mol. The zero-order valence-corrected chi connectivity index (χ0v) is 45.4. The van der Waals surface area contributed by atoms with Crippen molar-refractivity contribution in [2.24, 2.45) is 35.5 Å². The number of ketones is 3. The zero-order valence-electron chi connectivity index (χ0n) is 45.4. The maximum atomic E-state index is 14.6. The van der Waals surface area contributed by atoms with Crippen molar-refractivity contribution in [1.29, 1.82) is 0 Å². The average molecular weight is 1030 g/mol. The van der Waals surface area contributed by atoms with Gasteiger partial charge in [-0.15, -0.1) is 0 Å². The predicted octanol–water partition coefficient (Wildman–Crippen LogP) is 7.67. The zero-order chi connectivity index (χ0) is 54.3. The van der Waals surface area contributed by atoms with E-state index in [1.165, 1.54) is 12.0 Å². The molecule has 1 saturated carbocycles. The van der Waals surface area contributed by atoms with Crippen LogP contribution in [0.25, 0.3) is 0 Å². The Balaban J connectivity index is 1.46. The third-order valence-corrected chi connectivity index (χ3v) is 16.0. The smallest absolute Gasteiger partial charge is 0.329 e. The van der Waals surface area contributed by atoms with Crippen LogP contribution in [0.2, 0.25) is 0 Å². The Kier molecular flexibility index (Phi) is 23.6. The number of rotatable bonds is 10. The molecule has 3 aliphatic heterocycles. The number of Topliss-reactive ketones (excluding diaryl/α,β-unsaturated/α-hetero) is 3. The monoisotopic (exact) mass is 1030 g/mol. The lowest BCUT2D eigenvalue weighted by atomic mass is 9.79. The second-order valence-corrected chi connectivity index (χ2v) is 21.9. The first-order valence-electron chi connectivity index (χ1n) is 27.2. The summed E-state index contributed by atoms with van der Waals surface area (Å²) >= 11 is 0. The number of hydrogen-bond acceptors (Lipinski definition) is 14. The maximum absolute atomic E-state index is 14.6. The Hall–Kier alpha value is -4.19. The minimum Gasteiger partial charge on any atom is -0.460 e. The number of piperidine rings is 1. The van der Waals surface area contributed by atoms with Gasteiger partial charge >= 0.3 is 5.97 Å². The SMILES string of the molecule is CO[C@H]1C[C@@H]2CC[C@@H](C)[C@@](O)(O2)C(=O)C(=O)N2CCCC[C@H]2C(=O)O[C@H]([C@H](C)CC2CCC[C@H](OC(c3ccccc3)C(O)CO)C2)CC(=O)[C@H](C)/C=C(\C)[C@@H](O)[C@@H](OC)C(=O)[C@H](C)C[C@H](C)/C=C/C=C/C=C/1C. The van der Waals surface area contributed by atoms with E-state index >= 15 is 0 Å². The van der Waals surface area contributed by atoms with Crippen LogP contribution in [0.1, 0.15) is 144 Å². The fourth-order valence-corrected chi connectivity index (χ4v) is 11.4. The standard InChI is InChI=1S/C59H87NO14/c1-36-19-12-10-13-20-37(2)50(70-8)33-46-27-26-42(7)59(69,74-46)56(66)57(67)60-28-17-16-25-47(60)58(68)73-51(34-48(62)38(3)30-41(6)53(65)55(71-9)52(64)40(5)29-36)39(4)31-43-21-18-24-45(32-43)72-54(49(63)35-61)44-22-14-11-15-23-44/h10-15,19-20,22-23,30,36,38-40,42-43,45-47,49-51,53-55,61,63,65,69H,16-18,21,24-29,31-35H2,1-9H3/b13-10+,19-12+,37-20+,41-30+/t36-,38-,39-,40-,42-,43?,45+,46+,47+,49?,50+,51+,53-,54?,55+,59-/m1/s1. The van der Waals surface area contributed by atoms with Gasteiger partial charge in [-0.1, -0.05) is 114 Å². The van der Waals surface area contributed by atoms with Crippen molar-refractivity contribution in [1.82, 2.24) is 4.90 Å². The molecule has 74 heavy (non-hydrogen) atoms. The summed E-state index contributed by atoms with van der Waals surface area (Å²) in [6.45, 7) is 12.3. The van der Waals surface area contributed by atoms with Gasteiger partial charge in [0.2, 0.25) is 5.79 Å². The van der Waals surface area contributed by atoms with Crippen LogP contribution in [-0.2, 0) is 47.7 Å². The Morgan fingerprint density at radius 3 is 2.27 bits per heavy atom. The molecular weight excluding hydrogens is 947 g/mol. The van der Waals surface area contributed by atoms with Crippen LogP contribution in [0.3, 0.4) is 0 Å². The third kappa shape index (κ3) is 16.2. The summed E-state index contributed by atoms with van der Waals surface area (Å²) in [4.78, 5) is 72.7. The molecule has 5 rings (SSSR count). The van der Waals surface area contributed by atoms with Crippen molar-refractivity contribution in [2.45, 2.75) is 193 Å². The fourth-order valence-electron chi connectivity index (χ4n) is 11.4. The van der Waals surface area contributed by atoms with Gasteiger partial charge in [0, 0.05) is 51.4 Å². The number of aliphatic hydroxyl groups excluding tert-OH is 3. The molecule has 3 fully saturated rings. The van der Waals surface area contributed by atoms with Crippen molar-refractivity contribution < 1.29 is 68.1 Å². The number of carbonyl (C=O) groups excluding carboxylic acids is 5. The van der Waals surface area contributed by atoms with Crippen molar-refractivity contribution >= 4 is 29.2 Å². The van der Waals surface area contributed by atoms with Gasteiger partial charge in [-0.2, -0.15) is 0 Å². The fraction of sp³-hybridized carbons (Fsp3) is 0.678. The van der Waals surface area contributed by atoms with Crippen molar-refractivity contribution in [3.63, 3.8) is 0 Å². The van der Waals surface area contributed by atoms with Crippen LogP contribution in [0.4, 0.5) is 0 Å². The van der Waals surface area contributed by atoms with Gasteiger partial charge in [0.25, 0.3) is 11.7 Å². The number of nitrogens with zero attached hydrogens (tertiary/aromatic N) is 1. The maximum Gasteiger partial charge on any atom is 0.329 e. The molecule has 0 spiro atoms. The van der Waals surface area contributed by atoms with Crippen LogP contribution < -0.4 is 0 Å². The quantitative estimate of drug-likeness (QED) is 0.101. The van der Waals surface area contributed by atoms with E-state index in [-0.39, 0.29) is 54.8 Å². The number of cyclic esters (lactones) is 1. The van der Waals surface area contributed by atoms with Gasteiger partial charge in [-0.25, -0.2) is 4.79 Å². The Morgan fingerprint density at radius 2 is 1.58 bits per heavy atom. The first-order chi connectivity index (χ1) is 35.2. The molecule has 1 amide bonds. The van der Waals surface area contributed by atoms with E-state index in [0.29, 0.717) is 56.9 Å². The number of aliphatic hydroxyl groups is 4. The summed E-state index contributed by atoms with van der Waals surface area (Å²) in [5.74, 6) is -8.20. The molecule has 1 aliphatic carbocycles. The highest BCUT2D eigenvalue weighted by molar-refractivity contribution is 6.39. The number of methoxy groups -OCH3 is 2. The van der Waals surface area contributed by atoms with Gasteiger partial charge in [-0.05, 0) is 106 Å². The summed E-state index contributed by atoms with van der Waals surface area (Å²) in [6, 6.07) is 8.12. The summed E-state index contributed by atoms with van der Waals surface area (Å²) in [5.41, 5.74) is 2.00. The van der Waals surface area contributed by atoms with E-state index in [1.807, 2.05) is 88.4 Å². The average Bonchev–Trinajstić information content (AvgIpc) is 3.39. The van der Waals surface area contributed by atoms with E-state index in [9.17, 15) is 44.4 Å². The van der Waals surface area contributed by atoms with Crippen molar-refractivity contribution in [3.05, 3.63) is 83.5 Å². The number of allylic oxidation sites excluding steroid dienone is 6. The molecule has 3 heterocycles. The van der Waals surface area contributed by atoms with E-state index in [0.717, 1.165) is 30.4 Å². The minimum absolute atomic E-state index is 0.00510. The number of amides is 1. The number of ether oxygens (including phenoxy) is 5. The third-order valence-electron chi connectivity index (χ3n) is 16.0. The molecule has 4 N–H and O–H groups in total. The molecule has 4 aliphatic rings. The van der Waals surface area contributed by atoms with Gasteiger partial charge in [0.15, 0.2) is 5.78 Å². The van der Waals surface area contributed by atoms with Crippen LogP contribution in [0, 0.1) is 35.5 Å². The lowest BCUT2D eigenvalue weighted by Gasteiger charge is -2.42. The molecule has 16 atom stereocenters. The van der Waals surface area contributed by atoms with Gasteiger partial charge in [-0.3, -0.25) is 19.2 Å². The summed E-state index contributed by atoms with van der Waals surface area (Å²) in [6.07, 6.45) is 10.9. The molecule has 0 aromatic heterocycles. The molecule has 3 unspecified atom stereocenters. The van der Waals surface area contributed by atoms with Gasteiger partial charge in [0.1, 0.15) is 42.3 Å². The van der Waals surface area contributed by atoms with Crippen molar-refractivity contribution in [2.75, 3.05) is 27.4 Å². The van der Waals surface area contributed by atoms with Crippen LogP contribution in [0.15, 0.2) is 77.9 Å². The lowest BCUT2D eigenvalue weighted by Crippen LogP contribution is -2.61. The highest BCUT2D eigenvalue weighted by atomic mass is 16.6. The van der Waals surface area contributed by atoms with E-state index in [4.69, 9.17) is 23.7 Å². The molecule has 0 radical (unpaired) electrons. The topological polar surface area (TPSA) is 216 Å². The summed E-state index contributed by atoms with van der Waals surface area (Å²) in [5, 5.41) is 44.3. The largest absolute Gasteiger partial charge is 0.460 e. The van der Waals surface area contributed by atoms with Crippen LogP contribution >= 0.6 is 0 Å². The number of fused-ring (bicyclic) bond motifs is 3. The van der Waals surface area contributed by atoms with Gasteiger partial charge in [0.05, 0.1) is 24.9 Å². The molecule has 2 bridgehead atoms. The summed E-state index contributed by atoms with van der Waals surface area (Å²) < 4.78 is 30.5. The van der Waals surface area contributed by atoms with Crippen LogP contribution in [-0.4, -0.2) is 136 Å². The second-order valence-electron chi connectivity index (χ2n) is 21.9. The van der Waals surface area contributed by atoms with E-state index < -0.39 is 96.6 Å². The van der Waals surface area contributed by atoms with E-state index in [2.05, 4.69) is 0 Å². The highest BCUT2D eigenvalue weighted by Crippen LogP contribution is 2.39. The molecular formula is C59H87NO14. The normalized spacial score (nSPS) is 36.8. The lowest BCUT2D eigenvalue weighted by molar-refractivity contribution is -0.265. The van der Waals surface area contributed by atoms with Crippen molar-refractivity contribution in [3.8, 4) is 0 Å². The Bertz CT molecular complexity index is 2140. The molecule has 15 nitrogen and oxygen atoms in total. The number of carbonyl (C=O) groups is 5. The highest BCUT2D eigenvalue weighted by Gasteiger charge is 2.53. The molecule has 15 heteroatoms. The Labute approximate surface area is 439 Å². The second kappa shape index (κ2) is 28.8. The van der Waals surface area contributed by atoms with Crippen LogP contribution in [0.5, 0.6) is 0 Å². The summed E-state index contributed by atoms with van der Waals surface area (Å²) in [7, 11) is 2.95. The molecule has 1 aromatic carbocycles. The minimum atomic E-state index is -2.45. The number of benzene rings is 1. The molecule has 412 valence electrons.